The van der Waals surface area contributed by atoms with E-state index < -0.39 is 0 Å². The normalized spacial score (nSPS) is 15.8. The van der Waals surface area contributed by atoms with Crippen LogP contribution in [0.5, 0.6) is 5.75 Å². The summed E-state index contributed by atoms with van der Waals surface area (Å²) < 4.78 is 5.59. The number of ether oxygens (including phenoxy) is 1. The van der Waals surface area contributed by atoms with E-state index in [0.717, 1.165) is 35.8 Å². The highest BCUT2D eigenvalue weighted by atomic mass is 35.5. The summed E-state index contributed by atoms with van der Waals surface area (Å²) in [4.78, 5) is 15.1. The van der Waals surface area contributed by atoms with Gasteiger partial charge >= 0.3 is 0 Å². The van der Waals surface area contributed by atoms with Gasteiger partial charge in [0, 0.05) is 17.1 Å². The fourth-order valence-corrected chi connectivity index (χ4v) is 3.89. The van der Waals surface area contributed by atoms with Gasteiger partial charge in [0.1, 0.15) is 5.75 Å². The molecule has 0 aromatic heterocycles. The van der Waals surface area contributed by atoms with Crippen LogP contribution in [0.2, 0.25) is 5.02 Å². The number of hydrogen-bond donors (Lipinski definition) is 1. The number of piperidine rings is 1. The largest absolute Gasteiger partial charge is 0.494 e. The average molecular weight is 401 g/mol. The molecule has 4 nitrogen and oxygen atoms in total. The monoisotopic (exact) mass is 400 g/mol. The van der Waals surface area contributed by atoms with Crippen LogP contribution in [0.3, 0.4) is 0 Å². The number of carbonyl (C=O) groups is 1. The van der Waals surface area contributed by atoms with Crippen molar-refractivity contribution < 1.29 is 9.53 Å². The minimum atomic E-state index is -0.0731. The number of likely N-dealkylation sites (tertiary alicyclic amines) is 1. The van der Waals surface area contributed by atoms with Gasteiger partial charge in [-0.1, -0.05) is 43.1 Å². The fraction of sp³-hybridized carbons (Fsp3) is 0.435. The molecule has 0 bridgehead atoms. The Labute approximate surface area is 172 Å². The van der Waals surface area contributed by atoms with E-state index >= 15 is 0 Å². The highest BCUT2D eigenvalue weighted by molar-refractivity contribution is 6.31. The van der Waals surface area contributed by atoms with Gasteiger partial charge in [-0.25, -0.2) is 0 Å². The van der Waals surface area contributed by atoms with Crippen molar-refractivity contribution in [3.8, 4) is 5.75 Å². The second-order valence-corrected chi connectivity index (χ2v) is 7.62. The number of benzene rings is 2. The Bertz CT molecular complexity index is 757. The van der Waals surface area contributed by atoms with Gasteiger partial charge in [0.25, 0.3) is 5.91 Å². The molecule has 0 radical (unpaired) electrons. The number of halogens is 1. The topological polar surface area (TPSA) is 41.6 Å². The van der Waals surface area contributed by atoms with Crippen molar-refractivity contribution in [3.05, 3.63) is 64.7 Å². The standard InChI is InChI=1S/C23H29ClN2O2/c1-2-16-28-19-12-10-18(11-13-19)23(27)25-17-22(26-14-6-3-7-15-26)20-8-4-5-9-21(20)24/h4-5,8-13,22H,2-3,6-7,14-17H2,1H3,(H,25,27)/t22-/m0/s1. The van der Waals surface area contributed by atoms with Crippen molar-refractivity contribution in [1.82, 2.24) is 10.2 Å². The van der Waals surface area contributed by atoms with Crippen LogP contribution in [-0.4, -0.2) is 37.0 Å². The van der Waals surface area contributed by atoms with Gasteiger partial charge in [-0.15, -0.1) is 0 Å². The zero-order valence-corrected chi connectivity index (χ0v) is 17.3. The lowest BCUT2D eigenvalue weighted by Gasteiger charge is -2.35. The molecule has 150 valence electrons. The first kappa shape index (κ1) is 20.7. The Morgan fingerprint density at radius 2 is 1.82 bits per heavy atom. The van der Waals surface area contributed by atoms with Crippen LogP contribution in [0.4, 0.5) is 0 Å². The quantitative estimate of drug-likeness (QED) is 0.671. The summed E-state index contributed by atoms with van der Waals surface area (Å²) in [5.41, 5.74) is 1.72. The Balaban J connectivity index is 1.67. The maximum Gasteiger partial charge on any atom is 0.251 e. The molecule has 1 aliphatic rings. The highest BCUT2D eigenvalue weighted by Gasteiger charge is 2.24. The Morgan fingerprint density at radius 3 is 2.50 bits per heavy atom. The molecule has 28 heavy (non-hydrogen) atoms. The van der Waals surface area contributed by atoms with Gasteiger partial charge in [0.05, 0.1) is 12.6 Å². The van der Waals surface area contributed by atoms with E-state index in [-0.39, 0.29) is 11.9 Å². The van der Waals surface area contributed by atoms with Crippen molar-refractivity contribution in [1.29, 1.82) is 0 Å². The van der Waals surface area contributed by atoms with Crippen LogP contribution >= 0.6 is 11.6 Å². The molecule has 1 aliphatic heterocycles. The Hall–Kier alpha value is -2.04. The van der Waals surface area contributed by atoms with Crippen LogP contribution in [0.15, 0.2) is 48.5 Å². The summed E-state index contributed by atoms with van der Waals surface area (Å²) in [6, 6.07) is 15.3. The molecule has 1 amide bonds. The van der Waals surface area contributed by atoms with E-state index in [4.69, 9.17) is 16.3 Å². The molecular formula is C23H29ClN2O2. The van der Waals surface area contributed by atoms with Crippen molar-refractivity contribution in [2.45, 2.75) is 38.6 Å². The SMILES string of the molecule is CCCOc1ccc(C(=O)NC[C@@H](c2ccccc2Cl)N2CCCCC2)cc1. The van der Waals surface area contributed by atoms with Gasteiger partial charge in [-0.3, -0.25) is 9.69 Å². The van der Waals surface area contributed by atoms with E-state index in [1.165, 1.54) is 19.3 Å². The van der Waals surface area contributed by atoms with E-state index in [9.17, 15) is 4.79 Å². The molecule has 1 N–H and O–H groups in total. The number of carbonyl (C=O) groups excluding carboxylic acids is 1. The molecule has 3 rings (SSSR count). The second-order valence-electron chi connectivity index (χ2n) is 7.22. The molecule has 1 atom stereocenters. The molecule has 2 aromatic carbocycles. The highest BCUT2D eigenvalue weighted by Crippen LogP contribution is 2.29. The predicted octanol–water partition coefficient (Wildman–Crippen LogP) is 5.09. The smallest absolute Gasteiger partial charge is 0.251 e. The molecule has 1 fully saturated rings. The molecule has 0 saturated carbocycles. The number of rotatable bonds is 8. The first-order valence-corrected chi connectivity index (χ1v) is 10.6. The third-order valence-electron chi connectivity index (χ3n) is 5.14. The van der Waals surface area contributed by atoms with Crippen molar-refractivity contribution in [3.63, 3.8) is 0 Å². The Kier molecular flexibility index (Phi) is 7.75. The van der Waals surface area contributed by atoms with Crippen LogP contribution in [0.1, 0.15) is 54.6 Å². The zero-order chi connectivity index (χ0) is 19.8. The first-order chi connectivity index (χ1) is 13.7. The van der Waals surface area contributed by atoms with Gasteiger partial charge in [0.15, 0.2) is 0 Å². The third-order valence-corrected chi connectivity index (χ3v) is 5.49. The maximum absolute atomic E-state index is 12.7. The van der Waals surface area contributed by atoms with Crippen molar-refractivity contribution >= 4 is 17.5 Å². The second kappa shape index (κ2) is 10.5. The number of nitrogens with zero attached hydrogens (tertiary/aromatic N) is 1. The number of hydrogen-bond acceptors (Lipinski definition) is 3. The molecule has 1 saturated heterocycles. The molecular weight excluding hydrogens is 372 g/mol. The Morgan fingerprint density at radius 1 is 1.11 bits per heavy atom. The first-order valence-electron chi connectivity index (χ1n) is 10.2. The van der Waals surface area contributed by atoms with E-state index in [0.29, 0.717) is 18.7 Å². The summed E-state index contributed by atoms with van der Waals surface area (Å²) in [6.07, 6.45) is 4.61. The van der Waals surface area contributed by atoms with Crippen LogP contribution in [-0.2, 0) is 0 Å². The van der Waals surface area contributed by atoms with Crippen molar-refractivity contribution in [2.75, 3.05) is 26.2 Å². The van der Waals surface area contributed by atoms with Crippen LogP contribution < -0.4 is 10.1 Å². The average Bonchev–Trinajstić information content (AvgIpc) is 2.74. The summed E-state index contributed by atoms with van der Waals surface area (Å²) >= 11 is 6.48. The van der Waals surface area contributed by atoms with Gasteiger partial charge in [0.2, 0.25) is 0 Å². The summed E-state index contributed by atoms with van der Waals surface area (Å²) in [5.74, 6) is 0.719. The molecule has 0 unspecified atom stereocenters. The van der Waals surface area contributed by atoms with Crippen LogP contribution in [0.25, 0.3) is 0 Å². The van der Waals surface area contributed by atoms with Gasteiger partial charge in [-0.2, -0.15) is 0 Å². The zero-order valence-electron chi connectivity index (χ0n) is 16.5. The van der Waals surface area contributed by atoms with Gasteiger partial charge < -0.3 is 10.1 Å². The molecule has 1 heterocycles. The maximum atomic E-state index is 12.7. The lowest BCUT2D eigenvalue weighted by molar-refractivity contribution is 0.0924. The van der Waals surface area contributed by atoms with Gasteiger partial charge in [-0.05, 0) is 68.2 Å². The summed E-state index contributed by atoms with van der Waals surface area (Å²) in [7, 11) is 0. The minimum Gasteiger partial charge on any atom is -0.494 e. The molecule has 0 aliphatic carbocycles. The predicted molar refractivity (Wildman–Crippen MR) is 114 cm³/mol. The lowest BCUT2D eigenvalue weighted by Crippen LogP contribution is -2.40. The van der Waals surface area contributed by atoms with E-state index in [2.05, 4.69) is 23.2 Å². The van der Waals surface area contributed by atoms with E-state index in [1.807, 2.05) is 42.5 Å². The summed E-state index contributed by atoms with van der Waals surface area (Å²) in [6.45, 7) is 5.36. The number of nitrogens with one attached hydrogen (secondary N) is 1. The van der Waals surface area contributed by atoms with Crippen LogP contribution in [0, 0.1) is 0 Å². The number of amides is 1. The summed E-state index contributed by atoms with van der Waals surface area (Å²) in [5, 5.41) is 3.86. The van der Waals surface area contributed by atoms with Crippen molar-refractivity contribution in [2.24, 2.45) is 0 Å². The molecule has 0 spiro atoms. The third kappa shape index (κ3) is 5.49. The molecule has 2 aromatic rings. The molecule has 5 heteroatoms. The minimum absolute atomic E-state index is 0.0731. The van der Waals surface area contributed by atoms with E-state index in [1.54, 1.807) is 0 Å². The fourth-order valence-electron chi connectivity index (χ4n) is 3.63. The lowest BCUT2D eigenvalue weighted by atomic mass is 10.0.